The summed E-state index contributed by atoms with van der Waals surface area (Å²) in [6.07, 6.45) is 1.82. The summed E-state index contributed by atoms with van der Waals surface area (Å²) >= 11 is 0. The van der Waals surface area contributed by atoms with Crippen LogP contribution in [0.5, 0.6) is 0 Å². The number of aryl methyl sites for hydroxylation is 1. The Kier molecular flexibility index (Phi) is 27.1. The van der Waals surface area contributed by atoms with E-state index in [9.17, 15) is 0 Å². The summed E-state index contributed by atoms with van der Waals surface area (Å²) in [6, 6.07) is 10.4. The highest BCUT2D eigenvalue weighted by Crippen LogP contribution is 2.25. The molecule has 1 aromatic carbocycles. The topological polar surface area (TPSA) is 29.0 Å². The molecule has 0 spiro atoms. The Morgan fingerprint density at radius 1 is 0.821 bits per heavy atom. The minimum absolute atomic E-state index is 0. The molecule has 0 N–H and O–H groups in total. The van der Waals surface area contributed by atoms with Gasteiger partial charge in [-0.3, -0.25) is 0 Å². The lowest BCUT2D eigenvalue weighted by molar-refractivity contribution is 0.822. The standard InChI is InChI=1S/C13H13N3.C4H6.3C2H6.CH4.B/c1-10-6-7-14-13(15-10)16-8-11-4-2-3-5-12(11)9-16;1-3-4-2;3*1-2;;/h2-7H,8-9H2,1H3;1-2H3;3*1-2H3;1H4;. The van der Waals surface area contributed by atoms with Gasteiger partial charge in [-0.1, -0.05) is 73.2 Å². The number of fused-ring (bicyclic) bond motifs is 1. The van der Waals surface area contributed by atoms with Crippen LogP contribution in [0, 0.1) is 18.8 Å². The molecule has 0 saturated heterocycles. The van der Waals surface area contributed by atoms with Crippen molar-refractivity contribution in [1.29, 1.82) is 0 Å². The van der Waals surface area contributed by atoms with Crippen molar-refractivity contribution in [2.24, 2.45) is 0 Å². The largest absolute Gasteiger partial charge is 0.332 e. The Bertz CT molecular complexity index is 615. The van der Waals surface area contributed by atoms with Gasteiger partial charge in [0.15, 0.2) is 0 Å². The van der Waals surface area contributed by atoms with Crippen LogP contribution in [0.4, 0.5) is 5.95 Å². The predicted molar refractivity (Wildman–Crippen MR) is 129 cm³/mol. The molecular weight excluding hydrogens is 341 g/mol. The van der Waals surface area contributed by atoms with Gasteiger partial charge in [0.1, 0.15) is 0 Å². The zero-order valence-electron chi connectivity index (χ0n) is 18.8. The lowest BCUT2D eigenvalue weighted by Crippen LogP contribution is -2.17. The summed E-state index contributed by atoms with van der Waals surface area (Å²) in [6.45, 7) is 19.5. The number of rotatable bonds is 1. The van der Waals surface area contributed by atoms with Crippen LogP contribution in [-0.4, -0.2) is 18.4 Å². The van der Waals surface area contributed by atoms with Gasteiger partial charge in [0.2, 0.25) is 5.95 Å². The van der Waals surface area contributed by atoms with Gasteiger partial charge in [0.25, 0.3) is 0 Å². The summed E-state index contributed by atoms with van der Waals surface area (Å²) in [5.74, 6) is 6.19. The molecule has 3 rings (SSSR count). The van der Waals surface area contributed by atoms with Crippen LogP contribution in [0.2, 0.25) is 0 Å². The summed E-state index contributed by atoms with van der Waals surface area (Å²) in [5.41, 5.74) is 3.78. The van der Waals surface area contributed by atoms with E-state index in [2.05, 4.69) is 51.0 Å². The zero-order chi connectivity index (χ0) is 20.4. The molecule has 0 amide bonds. The Labute approximate surface area is 177 Å². The molecule has 0 atom stereocenters. The number of benzene rings is 1. The number of aromatic nitrogens is 2. The van der Waals surface area contributed by atoms with Gasteiger partial charge in [-0.15, -0.1) is 11.8 Å². The molecule has 2 aromatic rings. The first kappa shape index (κ1) is 33.3. The fourth-order valence-corrected chi connectivity index (χ4v) is 2.06. The van der Waals surface area contributed by atoms with E-state index in [0.717, 1.165) is 24.7 Å². The molecule has 28 heavy (non-hydrogen) atoms. The Hall–Kier alpha value is -2.28. The van der Waals surface area contributed by atoms with Crippen molar-refractivity contribution in [3.05, 3.63) is 53.3 Å². The molecule has 2 heterocycles. The molecule has 3 radical (unpaired) electrons. The van der Waals surface area contributed by atoms with Crippen molar-refractivity contribution in [3.8, 4) is 11.8 Å². The lowest BCUT2D eigenvalue weighted by atomic mass is 10.1. The van der Waals surface area contributed by atoms with Crippen LogP contribution in [0.1, 0.15) is 79.6 Å². The third-order valence-electron chi connectivity index (χ3n) is 3.16. The Morgan fingerprint density at radius 2 is 1.25 bits per heavy atom. The smallest absolute Gasteiger partial charge is 0.226 e. The van der Waals surface area contributed by atoms with Gasteiger partial charge in [-0.2, -0.15) is 0 Å². The molecular formula is C24H41BN3. The summed E-state index contributed by atoms with van der Waals surface area (Å²) in [4.78, 5) is 11.0. The van der Waals surface area contributed by atoms with Crippen LogP contribution in [0.3, 0.4) is 0 Å². The van der Waals surface area contributed by atoms with E-state index in [1.54, 1.807) is 0 Å². The average Bonchev–Trinajstić information content (AvgIpc) is 3.17. The maximum atomic E-state index is 4.45. The lowest BCUT2D eigenvalue weighted by Gasteiger charge is -2.14. The van der Waals surface area contributed by atoms with Crippen LogP contribution in [-0.2, 0) is 13.1 Å². The van der Waals surface area contributed by atoms with Crippen LogP contribution < -0.4 is 4.90 Å². The van der Waals surface area contributed by atoms with E-state index in [4.69, 9.17) is 0 Å². The van der Waals surface area contributed by atoms with Gasteiger partial charge in [-0.05, 0) is 38.0 Å². The third-order valence-corrected chi connectivity index (χ3v) is 3.16. The molecule has 0 bridgehead atoms. The van der Waals surface area contributed by atoms with Crippen LogP contribution in [0.15, 0.2) is 36.5 Å². The van der Waals surface area contributed by atoms with Crippen molar-refractivity contribution in [1.82, 2.24) is 9.97 Å². The van der Waals surface area contributed by atoms with Crippen molar-refractivity contribution in [3.63, 3.8) is 0 Å². The second kappa shape index (κ2) is 22.8. The number of hydrogen-bond acceptors (Lipinski definition) is 3. The van der Waals surface area contributed by atoms with Crippen LogP contribution in [0.25, 0.3) is 0 Å². The van der Waals surface area contributed by atoms with Crippen LogP contribution >= 0.6 is 0 Å². The molecule has 0 saturated carbocycles. The van der Waals surface area contributed by atoms with E-state index in [0.29, 0.717) is 0 Å². The zero-order valence-corrected chi connectivity index (χ0v) is 18.8. The normalized spacial score (nSPS) is 9.11. The molecule has 1 aromatic heterocycles. The first-order valence-corrected chi connectivity index (χ1v) is 9.69. The van der Waals surface area contributed by atoms with Gasteiger partial charge < -0.3 is 4.90 Å². The van der Waals surface area contributed by atoms with Crippen molar-refractivity contribution >= 4 is 14.4 Å². The summed E-state index contributed by atoms with van der Waals surface area (Å²) in [7, 11) is 0. The average molecular weight is 382 g/mol. The van der Waals surface area contributed by atoms with Crippen molar-refractivity contribution in [2.75, 3.05) is 4.90 Å². The fraction of sp³-hybridized carbons (Fsp3) is 0.500. The second-order valence-corrected chi connectivity index (χ2v) is 4.62. The van der Waals surface area contributed by atoms with E-state index in [1.807, 2.05) is 74.6 Å². The van der Waals surface area contributed by atoms with Gasteiger partial charge >= 0.3 is 0 Å². The van der Waals surface area contributed by atoms with Gasteiger partial charge in [0, 0.05) is 33.4 Å². The minimum Gasteiger partial charge on any atom is -0.332 e. The number of nitrogens with zero attached hydrogens (tertiary/aromatic N) is 3. The molecule has 1 aliphatic rings. The highest BCUT2D eigenvalue weighted by atomic mass is 15.3. The molecule has 3 nitrogen and oxygen atoms in total. The Morgan fingerprint density at radius 3 is 1.61 bits per heavy atom. The summed E-state index contributed by atoms with van der Waals surface area (Å²) < 4.78 is 0. The molecule has 155 valence electrons. The quantitative estimate of drug-likeness (QED) is 0.407. The molecule has 0 aliphatic carbocycles. The number of hydrogen-bond donors (Lipinski definition) is 0. The maximum Gasteiger partial charge on any atom is 0.226 e. The highest BCUT2D eigenvalue weighted by Gasteiger charge is 2.20. The molecule has 4 heteroatoms. The van der Waals surface area contributed by atoms with Gasteiger partial charge in [-0.25, -0.2) is 9.97 Å². The van der Waals surface area contributed by atoms with Crippen molar-refractivity contribution in [2.45, 2.75) is 82.8 Å². The first-order valence-electron chi connectivity index (χ1n) is 9.69. The van der Waals surface area contributed by atoms with E-state index in [1.165, 1.54) is 11.1 Å². The monoisotopic (exact) mass is 382 g/mol. The fourth-order valence-electron chi connectivity index (χ4n) is 2.06. The second-order valence-electron chi connectivity index (χ2n) is 4.62. The maximum absolute atomic E-state index is 4.45. The van der Waals surface area contributed by atoms with E-state index < -0.39 is 0 Å². The first-order chi connectivity index (χ1) is 12.7. The van der Waals surface area contributed by atoms with Gasteiger partial charge in [0.05, 0.1) is 0 Å². The molecule has 0 fully saturated rings. The summed E-state index contributed by atoms with van der Waals surface area (Å²) in [5, 5.41) is 0. The van der Waals surface area contributed by atoms with Crippen molar-refractivity contribution < 1.29 is 0 Å². The third kappa shape index (κ3) is 12.2. The van der Waals surface area contributed by atoms with E-state index in [-0.39, 0.29) is 15.8 Å². The minimum atomic E-state index is 0. The Balaban J connectivity index is -0.000000209. The SMILES string of the molecule is C.CC.CC.CC.CC#CC.Cc1ccnc(N2Cc3ccccc3C2)n1.[B]. The molecule has 1 aliphatic heterocycles. The van der Waals surface area contributed by atoms with E-state index >= 15 is 0 Å². The number of anilines is 1. The molecule has 0 unspecified atom stereocenters. The highest BCUT2D eigenvalue weighted by molar-refractivity contribution is 5.75. The predicted octanol–water partition coefficient (Wildman–Crippen LogP) is 6.67.